The lowest BCUT2D eigenvalue weighted by Gasteiger charge is -2.13. The molecular formula is C15H20N2OS. The standard InChI is InChI=1S/C15H20N2OS/c1-15(2,3)14-17-12-5-4-10(8-13(12)19-14)18-11-6-7-16-9-11/h4-5,8,11,16H,6-7,9H2,1-3H3. The van der Waals surface area contributed by atoms with Crippen molar-refractivity contribution in [2.24, 2.45) is 0 Å². The van der Waals surface area contributed by atoms with E-state index >= 15 is 0 Å². The van der Waals surface area contributed by atoms with Crippen molar-refractivity contribution < 1.29 is 4.74 Å². The van der Waals surface area contributed by atoms with E-state index in [2.05, 4.69) is 38.2 Å². The summed E-state index contributed by atoms with van der Waals surface area (Å²) >= 11 is 1.77. The summed E-state index contributed by atoms with van der Waals surface area (Å²) in [6.07, 6.45) is 1.40. The van der Waals surface area contributed by atoms with Gasteiger partial charge in [-0.05, 0) is 31.2 Å². The van der Waals surface area contributed by atoms with Gasteiger partial charge >= 0.3 is 0 Å². The summed E-state index contributed by atoms with van der Waals surface area (Å²) in [7, 11) is 0. The third kappa shape index (κ3) is 2.74. The molecule has 2 heterocycles. The van der Waals surface area contributed by atoms with Crippen molar-refractivity contribution in [3.8, 4) is 5.75 Å². The predicted molar refractivity (Wildman–Crippen MR) is 80.2 cm³/mol. The number of fused-ring (bicyclic) bond motifs is 1. The largest absolute Gasteiger partial charge is 0.489 e. The lowest BCUT2D eigenvalue weighted by Crippen LogP contribution is -2.19. The molecule has 1 aliphatic rings. The van der Waals surface area contributed by atoms with E-state index < -0.39 is 0 Å². The summed E-state index contributed by atoms with van der Waals surface area (Å²) in [5.41, 5.74) is 1.19. The second-order valence-electron chi connectivity index (χ2n) is 6.13. The molecule has 1 fully saturated rings. The highest BCUT2D eigenvalue weighted by molar-refractivity contribution is 7.18. The van der Waals surface area contributed by atoms with E-state index in [1.165, 1.54) is 9.71 Å². The molecule has 1 saturated heterocycles. The van der Waals surface area contributed by atoms with Gasteiger partial charge in [0.1, 0.15) is 11.9 Å². The Hall–Kier alpha value is -1.13. The summed E-state index contributed by atoms with van der Waals surface area (Å²) < 4.78 is 7.21. The predicted octanol–water partition coefficient (Wildman–Crippen LogP) is 3.33. The van der Waals surface area contributed by atoms with E-state index in [1.54, 1.807) is 11.3 Å². The second-order valence-corrected chi connectivity index (χ2v) is 7.16. The summed E-state index contributed by atoms with van der Waals surface area (Å²) in [6.45, 7) is 8.61. The molecule has 0 radical (unpaired) electrons. The lowest BCUT2D eigenvalue weighted by atomic mass is 9.98. The maximum absolute atomic E-state index is 5.99. The van der Waals surface area contributed by atoms with Crippen LogP contribution in [0.5, 0.6) is 5.75 Å². The van der Waals surface area contributed by atoms with Gasteiger partial charge in [-0.25, -0.2) is 4.98 Å². The molecule has 1 N–H and O–H groups in total. The maximum atomic E-state index is 5.99. The third-order valence-corrected chi connectivity index (χ3v) is 4.76. The molecule has 1 aromatic carbocycles. The van der Waals surface area contributed by atoms with E-state index in [1.807, 2.05) is 6.07 Å². The van der Waals surface area contributed by atoms with Crippen molar-refractivity contribution in [3.05, 3.63) is 23.2 Å². The zero-order chi connectivity index (χ0) is 13.5. The van der Waals surface area contributed by atoms with E-state index in [4.69, 9.17) is 9.72 Å². The fourth-order valence-electron chi connectivity index (χ4n) is 2.22. The van der Waals surface area contributed by atoms with Crippen LogP contribution in [-0.4, -0.2) is 24.2 Å². The maximum Gasteiger partial charge on any atom is 0.121 e. The highest BCUT2D eigenvalue weighted by Gasteiger charge is 2.20. The van der Waals surface area contributed by atoms with Crippen LogP contribution in [0.15, 0.2) is 18.2 Å². The molecule has 1 atom stereocenters. The van der Waals surface area contributed by atoms with Crippen molar-refractivity contribution in [2.75, 3.05) is 13.1 Å². The Labute approximate surface area is 118 Å². The molecule has 0 bridgehead atoms. The molecule has 0 saturated carbocycles. The molecule has 4 heteroatoms. The molecule has 0 spiro atoms. The van der Waals surface area contributed by atoms with Crippen LogP contribution in [0.4, 0.5) is 0 Å². The van der Waals surface area contributed by atoms with Crippen LogP contribution in [0.2, 0.25) is 0 Å². The first-order valence-corrected chi connectivity index (χ1v) is 7.62. The number of aromatic nitrogens is 1. The summed E-state index contributed by atoms with van der Waals surface area (Å²) in [6, 6.07) is 6.23. The molecule has 0 amide bonds. The van der Waals surface area contributed by atoms with Gasteiger partial charge < -0.3 is 10.1 Å². The van der Waals surface area contributed by atoms with Crippen LogP contribution in [0, 0.1) is 0 Å². The zero-order valence-electron chi connectivity index (χ0n) is 11.7. The van der Waals surface area contributed by atoms with E-state index in [0.717, 1.165) is 30.8 Å². The van der Waals surface area contributed by atoms with Gasteiger partial charge in [-0.1, -0.05) is 20.8 Å². The third-order valence-electron chi connectivity index (χ3n) is 3.32. The lowest BCUT2D eigenvalue weighted by molar-refractivity contribution is 0.223. The molecule has 19 heavy (non-hydrogen) atoms. The minimum absolute atomic E-state index is 0.111. The molecule has 102 valence electrons. The summed E-state index contributed by atoms with van der Waals surface area (Å²) in [5.74, 6) is 0.963. The fourth-order valence-corrected chi connectivity index (χ4v) is 3.27. The minimum atomic E-state index is 0.111. The number of rotatable bonds is 2. The van der Waals surface area contributed by atoms with Gasteiger partial charge in [0.15, 0.2) is 0 Å². The van der Waals surface area contributed by atoms with Gasteiger partial charge in [0.25, 0.3) is 0 Å². The average molecular weight is 276 g/mol. The van der Waals surface area contributed by atoms with Gasteiger partial charge in [0.05, 0.1) is 15.2 Å². The minimum Gasteiger partial charge on any atom is -0.489 e. The number of nitrogens with one attached hydrogen (secondary N) is 1. The molecule has 1 aliphatic heterocycles. The van der Waals surface area contributed by atoms with Crippen LogP contribution < -0.4 is 10.1 Å². The van der Waals surface area contributed by atoms with E-state index in [9.17, 15) is 0 Å². The van der Waals surface area contributed by atoms with Gasteiger partial charge in [0.2, 0.25) is 0 Å². The van der Waals surface area contributed by atoms with Crippen LogP contribution in [0.25, 0.3) is 10.2 Å². The molecule has 1 aromatic heterocycles. The Bertz CT molecular complexity index is 579. The molecule has 0 aliphatic carbocycles. The Morgan fingerprint density at radius 2 is 2.21 bits per heavy atom. The zero-order valence-corrected chi connectivity index (χ0v) is 12.5. The Kier molecular flexibility index (Phi) is 3.23. The summed E-state index contributed by atoms with van der Waals surface area (Å²) in [5, 5.41) is 4.50. The van der Waals surface area contributed by atoms with Crippen LogP contribution in [-0.2, 0) is 5.41 Å². The van der Waals surface area contributed by atoms with Crippen LogP contribution in [0.3, 0.4) is 0 Å². The summed E-state index contributed by atoms with van der Waals surface area (Å²) in [4.78, 5) is 4.71. The van der Waals surface area contributed by atoms with E-state index in [-0.39, 0.29) is 5.41 Å². The van der Waals surface area contributed by atoms with Gasteiger partial charge in [-0.2, -0.15) is 0 Å². The molecule has 1 unspecified atom stereocenters. The average Bonchev–Trinajstić information content (AvgIpc) is 2.95. The van der Waals surface area contributed by atoms with Gasteiger partial charge in [-0.3, -0.25) is 0 Å². The first-order chi connectivity index (χ1) is 9.02. The highest BCUT2D eigenvalue weighted by Crippen LogP contribution is 2.33. The van der Waals surface area contributed by atoms with Crippen LogP contribution >= 0.6 is 11.3 Å². The number of ether oxygens (including phenoxy) is 1. The van der Waals surface area contributed by atoms with Crippen molar-refractivity contribution in [2.45, 2.75) is 38.7 Å². The number of nitrogens with zero attached hydrogens (tertiary/aromatic N) is 1. The Balaban J connectivity index is 1.87. The first kappa shape index (κ1) is 12.9. The normalized spacial score (nSPS) is 20.1. The van der Waals surface area contributed by atoms with Crippen molar-refractivity contribution in [1.29, 1.82) is 0 Å². The molecular weight excluding hydrogens is 256 g/mol. The van der Waals surface area contributed by atoms with Crippen molar-refractivity contribution in [1.82, 2.24) is 10.3 Å². The Morgan fingerprint density at radius 3 is 2.89 bits per heavy atom. The number of thiazole rings is 1. The molecule has 2 aromatic rings. The first-order valence-electron chi connectivity index (χ1n) is 6.81. The number of hydrogen-bond acceptors (Lipinski definition) is 4. The Morgan fingerprint density at radius 1 is 1.37 bits per heavy atom. The van der Waals surface area contributed by atoms with Crippen molar-refractivity contribution >= 4 is 21.6 Å². The van der Waals surface area contributed by atoms with Gasteiger partial charge in [0, 0.05) is 12.0 Å². The molecule has 3 rings (SSSR count). The van der Waals surface area contributed by atoms with Crippen molar-refractivity contribution in [3.63, 3.8) is 0 Å². The van der Waals surface area contributed by atoms with Gasteiger partial charge in [-0.15, -0.1) is 11.3 Å². The SMILES string of the molecule is CC(C)(C)c1nc2ccc(OC3CCNC3)cc2s1. The van der Waals surface area contributed by atoms with Crippen LogP contribution in [0.1, 0.15) is 32.2 Å². The number of hydrogen-bond donors (Lipinski definition) is 1. The highest BCUT2D eigenvalue weighted by atomic mass is 32.1. The molecule has 3 nitrogen and oxygen atoms in total. The quantitative estimate of drug-likeness (QED) is 0.913. The topological polar surface area (TPSA) is 34.1 Å². The monoisotopic (exact) mass is 276 g/mol. The fraction of sp³-hybridized carbons (Fsp3) is 0.533. The number of benzene rings is 1. The second kappa shape index (κ2) is 4.76. The van der Waals surface area contributed by atoms with E-state index in [0.29, 0.717) is 6.10 Å². The smallest absolute Gasteiger partial charge is 0.121 e.